The van der Waals surface area contributed by atoms with Crippen LogP contribution >= 0.6 is 0 Å². The lowest BCUT2D eigenvalue weighted by Gasteiger charge is -2.22. The first kappa shape index (κ1) is 36.4. The molecule has 0 heterocycles. The number of rotatable bonds is 30. The molecule has 0 spiro atoms. The molecule has 3 N–H and O–H groups in total. The van der Waals surface area contributed by atoms with E-state index in [4.69, 9.17) is 0 Å². The van der Waals surface area contributed by atoms with Gasteiger partial charge in [0.15, 0.2) is 0 Å². The molecule has 2 unspecified atom stereocenters. The number of amides is 1. The molecule has 0 aromatic rings. The van der Waals surface area contributed by atoms with Crippen LogP contribution in [-0.4, -0.2) is 34.9 Å². The van der Waals surface area contributed by atoms with E-state index in [0.717, 1.165) is 25.7 Å². The average Bonchev–Trinajstić information content (AvgIpc) is 2.90. The quantitative estimate of drug-likeness (QED) is 0.0818. The van der Waals surface area contributed by atoms with Crippen LogP contribution in [0.25, 0.3) is 0 Å². The summed E-state index contributed by atoms with van der Waals surface area (Å²) < 4.78 is 0. The first-order chi connectivity index (χ1) is 18.2. The van der Waals surface area contributed by atoms with Gasteiger partial charge in [0.1, 0.15) is 0 Å². The van der Waals surface area contributed by atoms with Gasteiger partial charge in [0.2, 0.25) is 5.91 Å². The third-order valence-electron chi connectivity index (χ3n) is 7.87. The van der Waals surface area contributed by atoms with Crippen molar-refractivity contribution in [1.82, 2.24) is 5.32 Å². The molecule has 0 aliphatic heterocycles. The maximum Gasteiger partial charge on any atom is 0.220 e. The summed E-state index contributed by atoms with van der Waals surface area (Å²) >= 11 is 0. The van der Waals surface area contributed by atoms with Crippen molar-refractivity contribution in [3.05, 3.63) is 0 Å². The fourth-order valence-corrected chi connectivity index (χ4v) is 5.24. The van der Waals surface area contributed by atoms with E-state index in [1.165, 1.54) is 135 Å². The monoisotopic (exact) mass is 526 g/mol. The Balaban J connectivity index is 3.49. The topological polar surface area (TPSA) is 69.6 Å². The summed E-state index contributed by atoms with van der Waals surface area (Å²) in [6, 6.07) is -0.525. The summed E-state index contributed by atoms with van der Waals surface area (Å²) in [7, 11) is 0. The standard InChI is InChI=1S/C33H67NO3/c1-3-5-7-9-11-13-14-15-16-17-18-19-20-21-23-25-27-29-33(37)34-31(30-35)32(36)28-26-24-22-12-10-8-6-4-2/h31-32,35-36H,3-30H2,1-2H3,(H,34,37). The van der Waals surface area contributed by atoms with E-state index < -0.39 is 12.1 Å². The third kappa shape index (κ3) is 26.8. The molecule has 0 aromatic heterocycles. The number of carbonyl (C=O) groups is 1. The van der Waals surface area contributed by atoms with Gasteiger partial charge in [-0.25, -0.2) is 0 Å². The molecule has 4 heteroatoms. The predicted octanol–water partition coefficient (Wildman–Crippen LogP) is 9.40. The van der Waals surface area contributed by atoms with Crippen LogP contribution in [-0.2, 0) is 4.79 Å². The van der Waals surface area contributed by atoms with Gasteiger partial charge in [-0.15, -0.1) is 0 Å². The first-order valence-corrected chi connectivity index (χ1v) is 16.7. The highest BCUT2D eigenvalue weighted by Gasteiger charge is 2.19. The maximum atomic E-state index is 12.2. The molecule has 1 amide bonds. The van der Waals surface area contributed by atoms with E-state index in [1.54, 1.807) is 0 Å². The van der Waals surface area contributed by atoms with Crippen LogP contribution in [0.1, 0.15) is 187 Å². The summed E-state index contributed by atoms with van der Waals surface area (Å²) in [4.78, 5) is 12.2. The Morgan fingerprint density at radius 3 is 1.22 bits per heavy atom. The van der Waals surface area contributed by atoms with Crippen molar-refractivity contribution in [1.29, 1.82) is 0 Å². The molecule has 222 valence electrons. The Labute approximate surface area is 232 Å². The molecule has 0 aliphatic carbocycles. The fraction of sp³-hybridized carbons (Fsp3) is 0.970. The molecule has 0 aromatic carbocycles. The summed E-state index contributed by atoms with van der Waals surface area (Å²) in [5.41, 5.74) is 0. The van der Waals surface area contributed by atoms with Crippen LogP contribution < -0.4 is 5.32 Å². The lowest BCUT2D eigenvalue weighted by molar-refractivity contribution is -0.123. The largest absolute Gasteiger partial charge is 0.394 e. The van der Waals surface area contributed by atoms with Gasteiger partial charge in [-0.3, -0.25) is 4.79 Å². The van der Waals surface area contributed by atoms with Crippen LogP contribution in [0.4, 0.5) is 0 Å². The zero-order chi connectivity index (χ0) is 27.2. The Morgan fingerprint density at radius 2 is 0.865 bits per heavy atom. The summed E-state index contributed by atoms with van der Waals surface area (Å²) in [6.45, 7) is 4.32. The fourth-order valence-electron chi connectivity index (χ4n) is 5.24. The highest BCUT2D eigenvalue weighted by atomic mass is 16.3. The highest BCUT2D eigenvalue weighted by molar-refractivity contribution is 5.76. The Bertz CT molecular complexity index is 457. The minimum Gasteiger partial charge on any atom is -0.394 e. The van der Waals surface area contributed by atoms with Gasteiger partial charge in [0.05, 0.1) is 18.8 Å². The molecular formula is C33H67NO3. The molecule has 0 fully saturated rings. The molecule has 0 bridgehead atoms. The van der Waals surface area contributed by atoms with E-state index in [1.807, 2.05) is 0 Å². The van der Waals surface area contributed by atoms with Gasteiger partial charge < -0.3 is 15.5 Å². The summed E-state index contributed by atoms with van der Waals surface area (Å²) in [6.07, 6.45) is 33.0. The van der Waals surface area contributed by atoms with Gasteiger partial charge in [-0.1, -0.05) is 168 Å². The second-order valence-electron chi connectivity index (χ2n) is 11.6. The number of hydrogen-bond donors (Lipinski definition) is 3. The highest BCUT2D eigenvalue weighted by Crippen LogP contribution is 2.15. The molecule has 37 heavy (non-hydrogen) atoms. The van der Waals surface area contributed by atoms with Crippen molar-refractivity contribution in [3.8, 4) is 0 Å². The van der Waals surface area contributed by atoms with Gasteiger partial charge in [-0.05, 0) is 12.8 Å². The van der Waals surface area contributed by atoms with E-state index in [9.17, 15) is 15.0 Å². The van der Waals surface area contributed by atoms with Crippen molar-refractivity contribution in [2.45, 2.75) is 199 Å². The second kappa shape index (κ2) is 29.9. The van der Waals surface area contributed by atoms with Gasteiger partial charge in [0, 0.05) is 6.42 Å². The molecule has 0 aliphatic rings. The van der Waals surface area contributed by atoms with E-state index >= 15 is 0 Å². The maximum absolute atomic E-state index is 12.2. The normalized spacial score (nSPS) is 13.1. The Morgan fingerprint density at radius 1 is 0.541 bits per heavy atom. The molecule has 0 saturated carbocycles. The smallest absolute Gasteiger partial charge is 0.220 e. The number of aliphatic hydroxyl groups is 2. The summed E-state index contributed by atoms with van der Waals surface area (Å²) in [5.74, 6) is -0.0324. The lowest BCUT2D eigenvalue weighted by Crippen LogP contribution is -2.45. The average molecular weight is 526 g/mol. The molecular weight excluding hydrogens is 458 g/mol. The Hall–Kier alpha value is -0.610. The molecule has 0 saturated heterocycles. The van der Waals surface area contributed by atoms with Crippen molar-refractivity contribution >= 4 is 5.91 Å². The minimum atomic E-state index is -0.649. The van der Waals surface area contributed by atoms with E-state index in [-0.39, 0.29) is 12.5 Å². The van der Waals surface area contributed by atoms with Gasteiger partial charge >= 0.3 is 0 Å². The second-order valence-corrected chi connectivity index (χ2v) is 11.6. The van der Waals surface area contributed by atoms with Gasteiger partial charge in [-0.2, -0.15) is 0 Å². The molecule has 2 atom stereocenters. The number of hydrogen-bond acceptors (Lipinski definition) is 3. The number of carbonyl (C=O) groups excluding carboxylic acids is 1. The van der Waals surface area contributed by atoms with Crippen molar-refractivity contribution in [2.24, 2.45) is 0 Å². The number of aliphatic hydroxyl groups excluding tert-OH is 2. The van der Waals surface area contributed by atoms with Gasteiger partial charge in [0.25, 0.3) is 0 Å². The van der Waals surface area contributed by atoms with Crippen LogP contribution in [0, 0.1) is 0 Å². The Kier molecular flexibility index (Phi) is 29.4. The van der Waals surface area contributed by atoms with E-state index in [0.29, 0.717) is 12.8 Å². The number of unbranched alkanes of at least 4 members (excludes halogenated alkanes) is 23. The van der Waals surface area contributed by atoms with Crippen molar-refractivity contribution in [2.75, 3.05) is 6.61 Å². The van der Waals surface area contributed by atoms with Crippen LogP contribution in [0.5, 0.6) is 0 Å². The van der Waals surface area contributed by atoms with Crippen LogP contribution in [0.3, 0.4) is 0 Å². The third-order valence-corrected chi connectivity index (χ3v) is 7.87. The first-order valence-electron chi connectivity index (χ1n) is 16.7. The molecule has 0 rings (SSSR count). The SMILES string of the molecule is CCCCCCCCCCCCCCCCCCCC(=O)NC(CO)C(O)CCCCCCCCCC. The minimum absolute atomic E-state index is 0.0324. The predicted molar refractivity (Wildman–Crippen MR) is 161 cm³/mol. The molecule has 4 nitrogen and oxygen atoms in total. The van der Waals surface area contributed by atoms with Crippen LogP contribution in [0.2, 0.25) is 0 Å². The number of nitrogens with one attached hydrogen (secondary N) is 1. The molecule has 0 radical (unpaired) electrons. The van der Waals surface area contributed by atoms with Crippen molar-refractivity contribution in [3.63, 3.8) is 0 Å². The zero-order valence-corrected chi connectivity index (χ0v) is 25.3. The lowest BCUT2D eigenvalue weighted by atomic mass is 10.0. The van der Waals surface area contributed by atoms with E-state index in [2.05, 4.69) is 19.2 Å². The summed E-state index contributed by atoms with van der Waals surface area (Å²) in [5, 5.41) is 22.8. The van der Waals surface area contributed by atoms with Crippen molar-refractivity contribution < 1.29 is 15.0 Å². The van der Waals surface area contributed by atoms with Crippen LogP contribution in [0.15, 0.2) is 0 Å². The zero-order valence-electron chi connectivity index (χ0n) is 25.3.